The quantitative estimate of drug-likeness (QED) is 0.539. The molecule has 4 rings (SSSR count). The van der Waals surface area contributed by atoms with E-state index < -0.39 is 0 Å². The topological polar surface area (TPSA) is 64.7 Å². The lowest BCUT2D eigenvalue weighted by Gasteiger charge is -2.33. The maximum absolute atomic E-state index is 13.3. The first kappa shape index (κ1) is 23.6. The molecule has 0 aliphatic carbocycles. The van der Waals surface area contributed by atoms with E-state index in [0.717, 1.165) is 17.7 Å². The van der Waals surface area contributed by atoms with Gasteiger partial charge < -0.3 is 10.6 Å². The molecule has 0 spiro atoms. The van der Waals surface area contributed by atoms with Crippen LogP contribution in [-0.4, -0.2) is 60.9 Å². The number of nitrogens with one attached hydrogen (secondary N) is 2. The summed E-state index contributed by atoms with van der Waals surface area (Å²) in [6, 6.07) is 23.9. The van der Waals surface area contributed by atoms with Gasteiger partial charge in [0.1, 0.15) is 5.82 Å². The standard InChI is InChI=1S/C27H29FN4O2/c28-23-10-6-11-24(18-23)29-26(33)19-31-13-15-32(16-14-31)20-27(34)30-25-12-5-4-9-22(25)17-21-7-2-1-3-8-21/h1-12,18H,13-17,19-20H2,(H,29,33)(H,30,34). The monoisotopic (exact) mass is 460 g/mol. The number of carbonyl (C=O) groups is 2. The lowest BCUT2D eigenvalue weighted by Crippen LogP contribution is -2.50. The van der Waals surface area contributed by atoms with Gasteiger partial charge in [0.05, 0.1) is 13.1 Å². The van der Waals surface area contributed by atoms with Crippen LogP contribution in [0.3, 0.4) is 0 Å². The molecule has 2 N–H and O–H groups in total. The number of hydrogen-bond acceptors (Lipinski definition) is 4. The Morgan fingerprint density at radius 3 is 2.03 bits per heavy atom. The zero-order valence-corrected chi connectivity index (χ0v) is 19.0. The summed E-state index contributed by atoms with van der Waals surface area (Å²) in [6.07, 6.45) is 0.758. The SMILES string of the molecule is O=C(CN1CCN(CC(=O)Nc2ccccc2Cc2ccccc2)CC1)Nc1cccc(F)c1. The number of anilines is 2. The summed E-state index contributed by atoms with van der Waals surface area (Å²) in [6.45, 7) is 3.33. The number of piperazine rings is 1. The molecule has 1 aliphatic rings. The van der Waals surface area contributed by atoms with Gasteiger partial charge in [0.2, 0.25) is 11.8 Å². The van der Waals surface area contributed by atoms with Crippen LogP contribution < -0.4 is 10.6 Å². The second-order valence-electron chi connectivity index (χ2n) is 8.48. The molecule has 1 fully saturated rings. The van der Waals surface area contributed by atoms with E-state index in [9.17, 15) is 14.0 Å². The van der Waals surface area contributed by atoms with Crippen molar-refractivity contribution in [3.63, 3.8) is 0 Å². The van der Waals surface area contributed by atoms with Gasteiger partial charge in [-0.1, -0.05) is 54.6 Å². The largest absolute Gasteiger partial charge is 0.325 e. The highest BCUT2D eigenvalue weighted by atomic mass is 19.1. The molecule has 1 aliphatic heterocycles. The smallest absolute Gasteiger partial charge is 0.238 e. The molecule has 3 aromatic rings. The molecular formula is C27H29FN4O2. The number of halogens is 1. The minimum absolute atomic E-state index is 0.0437. The zero-order chi connectivity index (χ0) is 23.8. The Labute approximate surface area is 199 Å². The van der Waals surface area contributed by atoms with Gasteiger partial charge in [-0.2, -0.15) is 0 Å². The Hall–Kier alpha value is -3.55. The third kappa shape index (κ3) is 6.97. The molecule has 176 valence electrons. The van der Waals surface area contributed by atoms with Crippen LogP contribution >= 0.6 is 0 Å². The molecule has 0 unspecified atom stereocenters. The average molecular weight is 461 g/mol. The molecule has 2 amide bonds. The summed E-state index contributed by atoms with van der Waals surface area (Å²) in [4.78, 5) is 29.1. The third-order valence-corrected chi connectivity index (χ3v) is 5.84. The maximum atomic E-state index is 13.3. The lowest BCUT2D eigenvalue weighted by molar-refractivity contribution is -0.120. The molecule has 0 atom stereocenters. The highest BCUT2D eigenvalue weighted by Crippen LogP contribution is 2.19. The fraction of sp³-hybridized carbons (Fsp3) is 0.259. The molecule has 0 radical (unpaired) electrons. The molecular weight excluding hydrogens is 431 g/mol. The van der Waals surface area contributed by atoms with Crippen LogP contribution in [0.15, 0.2) is 78.9 Å². The van der Waals surface area contributed by atoms with Gasteiger partial charge in [0, 0.05) is 37.6 Å². The second-order valence-corrected chi connectivity index (χ2v) is 8.48. The molecule has 0 bridgehead atoms. The Kier molecular flexibility index (Phi) is 8.01. The average Bonchev–Trinajstić information content (AvgIpc) is 2.82. The number of amides is 2. The summed E-state index contributed by atoms with van der Waals surface area (Å²) in [5, 5.41) is 5.79. The Balaban J connectivity index is 1.22. The number of carbonyl (C=O) groups excluding carboxylic acids is 2. The Morgan fingerprint density at radius 1 is 0.735 bits per heavy atom. The van der Waals surface area contributed by atoms with Crippen LogP contribution in [0, 0.1) is 5.82 Å². The number of para-hydroxylation sites is 1. The predicted octanol–water partition coefficient (Wildman–Crippen LogP) is 3.61. The van der Waals surface area contributed by atoms with Crippen molar-refractivity contribution in [2.75, 3.05) is 49.9 Å². The van der Waals surface area contributed by atoms with E-state index in [1.807, 2.05) is 47.4 Å². The van der Waals surface area contributed by atoms with Crippen LogP contribution in [0.5, 0.6) is 0 Å². The summed E-state index contributed by atoms with van der Waals surface area (Å²) in [5.41, 5.74) is 3.56. The number of benzene rings is 3. The Bertz CT molecular complexity index is 1110. The van der Waals surface area contributed by atoms with Crippen LogP contribution in [0.2, 0.25) is 0 Å². The summed E-state index contributed by atoms with van der Waals surface area (Å²) in [7, 11) is 0. The fourth-order valence-electron chi connectivity index (χ4n) is 4.08. The van der Waals surface area contributed by atoms with E-state index >= 15 is 0 Å². The molecule has 34 heavy (non-hydrogen) atoms. The van der Waals surface area contributed by atoms with Gasteiger partial charge >= 0.3 is 0 Å². The summed E-state index contributed by atoms with van der Waals surface area (Å²) < 4.78 is 13.3. The second kappa shape index (κ2) is 11.5. The molecule has 6 nitrogen and oxygen atoms in total. The van der Waals surface area contributed by atoms with Crippen molar-refractivity contribution in [2.24, 2.45) is 0 Å². The molecule has 0 saturated carbocycles. The van der Waals surface area contributed by atoms with E-state index in [1.165, 1.54) is 17.7 Å². The minimum atomic E-state index is -0.382. The van der Waals surface area contributed by atoms with Gasteiger partial charge in [-0.05, 0) is 41.8 Å². The maximum Gasteiger partial charge on any atom is 0.238 e. The van der Waals surface area contributed by atoms with Crippen molar-refractivity contribution in [3.8, 4) is 0 Å². The van der Waals surface area contributed by atoms with Gasteiger partial charge in [0.25, 0.3) is 0 Å². The number of hydrogen-bond donors (Lipinski definition) is 2. The zero-order valence-electron chi connectivity index (χ0n) is 19.0. The molecule has 1 saturated heterocycles. The highest BCUT2D eigenvalue weighted by Gasteiger charge is 2.21. The van der Waals surface area contributed by atoms with E-state index in [2.05, 4.69) is 27.7 Å². The molecule has 0 aromatic heterocycles. The van der Waals surface area contributed by atoms with Crippen LogP contribution in [-0.2, 0) is 16.0 Å². The van der Waals surface area contributed by atoms with Crippen molar-refractivity contribution in [2.45, 2.75) is 6.42 Å². The van der Waals surface area contributed by atoms with Gasteiger partial charge in [0.15, 0.2) is 0 Å². The molecule has 3 aromatic carbocycles. The summed E-state index contributed by atoms with van der Waals surface area (Å²) >= 11 is 0. The van der Waals surface area contributed by atoms with Crippen LogP contribution in [0.1, 0.15) is 11.1 Å². The van der Waals surface area contributed by atoms with E-state index in [4.69, 9.17) is 0 Å². The first-order chi connectivity index (χ1) is 16.5. The van der Waals surface area contributed by atoms with Crippen molar-refractivity contribution < 1.29 is 14.0 Å². The van der Waals surface area contributed by atoms with E-state index in [0.29, 0.717) is 38.4 Å². The summed E-state index contributed by atoms with van der Waals surface area (Å²) in [5.74, 6) is -0.600. The van der Waals surface area contributed by atoms with Gasteiger partial charge in [-0.15, -0.1) is 0 Å². The van der Waals surface area contributed by atoms with Crippen LogP contribution in [0.4, 0.5) is 15.8 Å². The predicted molar refractivity (Wildman–Crippen MR) is 132 cm³/mol. The fourth-order valence-corrected chi connectivity index (χ4v) is 4.08. The normalized spacial score (nSPS) is 14.5. The van der Waals surface area contributed by atoms with E-state index in [-0.39, 0.29) is 24.2 Å². The number of rotatable bonds is 8. The third-order valence-electron chi connectivity index (χ3n) is 5.84. The number of nitrogens with zero attached hydrogens (tertiary/aromatic N) is 2. The first-order valence-corrected chi connectivity index (χ1v) is 11.5. The highest BCUT2D eigenvalue weighted by molar-refractivity contribution is 5.93. The minimum Gasteiger partial charge on any atom is -0.325 e. The van der Waals surface area contributed by atoms with E-state index in [1.54, 1.807) is 12.1 Å². The van der Waals surface area contributed by atoms with Crippen molar-refractivity contribution >= 4 is 23.2 Å². The molecule has 1 heterocycles. The first-order valence-electron chi connectivity index (χ1n) is 11.5. The Morgan fingerprint density at radius 2 is 1.35 bits per heavy atom. The lowest BCUT2D eigenvalue weighted by atomic mass is 10.0. The van der Waals surface area contributed by atoms with Crippen LogP contribution in [0.25, 0.3) is 0 Å². The van der Waals surface area contributed by atoms with Crippen molar-refractivity contribution in [1.82, 2.24) is 9.80 Å². The van der Waals surface area contributed by atoms with Crippen molar-refractivity contribution in [3.05, 3.63) is 95.8 Å². The van der Waals surface area contributed by atoms with Crippen molar-refractivity contribution in [1.29, 1.82) is 0 Å². The van der Waals surface area contributed by atoms with Gasteiger partial charge in [-0.25, -0.2) is 4.39 Å². The molecule has 7 heteroatoms. The van der Waals surface area contributed by atoms with Gasteiger partial charge in [-0.3, -0.25) is 19.4 Å².